The van der Waals surface area contributed by atoms with Gasteiger partial charge in [0.15, 0.2) is 6.17 Å². The summed E-state index contributed by atoms with van der Waals surface area (Å²) in [6, 6.07) is 7.79. The van der Waals surface area contributed by atoms with Gasteiger partial charge < -0.3 is 10.5 Å². The third-order valence-corrected chi connectivity index (χ3v) is 8.28. The van der Waals surface area contributed by atoms with Gasteiger partial charge in [-0.3, -0.25) is 4.90 Å². The molecule has 3 atom stereocenters. The van der Waals surface area contributed by atoms with Crippen LogP contribution in [0.15, 0.2) is 75.3 Å². The number of nitrogens with two attached hydrogens (primary N) is 1. The molecule has 2 fully saturated rings. The van der Waals surface area contributed by atoms with E-state index in [4.69, 9.17) is 15.5 Å². The first-order valence-corrected chi connectivity index (χ1v) is 13.1. The van der Waals surface area contributed by atoms with E-state index in [2.05, 4.69) is 41.1 Å². The molecule has 4 aliphatic rings. The van der Waals surface area contributed by atoms with Gasteiger partial charge in [-0.2, -0.15) is 0 Å². The lowest BCUT2D eigenvalue weighted by Gasteiger charge is -2.49. The lowest BCUT2D eigenvalue weighted by molar-refractivity contribution is -0.863. The third kappa shape index (κ3) is 4.84. The Morgan fingerprint density at radius 3 is 2.74 bits per heavy atom. The Labute approximate surface area is 225 Å². The van der Waals surface area contributed by atoms with Gasteiger partial charge in [-0.1, -0.05) is 23.9 Å². The van der Waals surface area contributed by atoms with Gasteiger partial charge in [-0.25, -0.2) is 9.48 Å². The Balaban J connectivity index is 0.00000274. The van der Waals surface area contributed by atoms with Crippen LogP contribution in [0.25, 0.3) is 0 Å². The summed E-state index contributed by atoms with van der Waals surface area (Å²) in [5.74, 6) is 1.94. The number of guanidine groups is 1. The molecule has 3 unspecified atom stereocenters. The molecule has 34 heavy (non-hydrogen) atoms. The zero-order valence-corrected chi connectivity index (χ0v) is 23.3. The molecule has 0 radical (unpaired) electrons. The number of quaternary nitrogens is 1. The second-order valence-electron chi connectivity index (χ2n) is 9.51. The van der Waals surface area contributed by atoms with E-state index in [0.717, 1.165) is 35.3 Å². The summed E-state index contributed by atoms with van der Waals surface area (Å²) in [4.78, 5) is 7.16. The van der Waals surface area contributed by atoms with Gasteiger partial charge in [0.2, 0.25) is 5.96 Å². The number of nitrogens with zero attached hydrogens (tertiary/aromatic N) is 3. The van der Waals surface area contributed by atoms with E-state index >= 15 is 0 Å². The highest BCUT2D eigenvalue weighted by molar-refractivity contribution is 14.0. The van der Waals surface area contributed by atoms with Gasteiger partial charge >= 0.3 is 0 Å². The van der Waals surface area contributed by atoms with Crippen molar-refractivity contribution in [3.63, 3.8) is 0 Å². The summed E-state index contributed by atoms with van der Waals surface area (Å²) in [5, 5.41) is 4.65. The largest absolute Gasteiger partial charge is 0.497 e. The van der Waals surface area contributed by atoms with Crippen molar-refractivity contribution >= 4 is 47.4 Å². The molecular formula is C27H36IN4OS+. The molecular weight excluding hydrogens is 555 g/mol. The number of halogens is 1. The number of hydrogen-bond acceptors (Lipinski definition) is 3. The molecule has 1 aromatic carbocycles. The summed E-state index contributed by atoms with van der Waals surface area (Å²) in [6.07, 6.45) is 15.9. The zero-order valence-electron chi connectivity index (χ0n) is 20.2. The maximum Gasteiger partial charge on any atom is 0.201 e. The summed E-state index contributed by atoms with van der Waals surface area (Å²) >= 11 is 1.81. The van der Waals surface area contributed by atoms with Crippen LogP contribution in [0.2, 0.25) is 0 Å². The molecule has 0 amide bonds. The molecule has 2 N–H and O–H groups in total. The lowest BCUT2D eigenvalue weighted by atomic mass is 9.90. The molecule has 2 aliphatic carbocycles. The number of ether oxygens (including phenoxy) is 1. The normalized spacial score (nSPS) is 28.9. The van der Waals surface area contributed by atoms with E-state index in [9.17, 15) is 0 Å². The molecule has 0 spiro atoms. The average molecular weight is 592 g/mol. The van der Waals surface area contributed by atoms with Crippen molar-refractivity contribution in [3.8, 4) is 5.75 Å². The monoisotopic (exact) mass is 591 g/mol. The highest BCUT2D eigenvalue weighted by Gasteiger charge is 2.47. The predicted octanol–water partition coefficient (Wildman–Crippen LogP) is 6.63. The molecule has 1 saturated carbocycles. The number of methoxy groups -OCH3 is 1. The van der Waals surface area contributed by atoms with E-state index < -0.39 is 0 Å². The smallest absolute Gasteiger partial charge is 0.201 e. The highest BCUT2D eigenvalue weighted by atomic mass is 127. The number of allylic oxidation sites excluding steroid dienone is 4. The minimum absolute atomic E-state index is 0. The van der Waals surface area contributed by atoms with Gasteiger partial charge in [-0.15, -0.1) is 24.0 Å². The predicted molar refractivity (Wildman–Crippen MR) is 153 cm³/mol. The third-order valence-electron chi connectivity index (χ3n) is 7.62. The van der Waals surface area contributed by atoms with Gasteiger partial charge in [0.1, 0.15) is 17.6 Å². The van der Waals surface area contributed by atoms with Crippen molar-refractivity contribution in [3.05, 3.63) is 70.3 Å². The molecule has 5 rings (SSSR count). The fraction of sp³-hybridized carbons (Fsp3) is 0.444. The van der Waals surface area contributed by atoms with Crippen molar-refractivity contribution in [1.82, 2.24) is 4.90 Å². The minimum Gasteiger partial charge on any atom is -0.497 e. The second kappa shape index (κ2) is 10.9. The zero-order chi connectivity index (χ0) is 22.8. The van der Waals surface area contributed by atoms with E-state index in [1.165, 1.54) is 37.8 Å². The van der Waals surface area contributed by atoms with Crippen LogP contribution < -0.4 is 10.5 Å². The topological polar surface area (TPSA) is 50.9 Å². The van der Waals surface area contributed by atoms with E-state index in [0.29, 0.717) is 11.9 Å². The lowest BCUT2D eigenvalue weighted by Crippen LogP contribution is -2.61. The fourth-order valence-corrected chi connectivity index (χ4v) is 6.80. The molecule has 0 bridgehead atoms. The summed E-state index contributed by atoms with van der Waals surface area (Å²) in [7, 11) is 4.05. The Kier molecular flexibility index (Phi) is 8.15. The van der Waals surface area contributed by atoms with Gasteiger partial charge in [-0.05, 0) is 73.9 Å². The van der Waals surface area contributed by atoms with Crippen LogP contribution >= 0.6 is 35.7 Å². The van der Waals surface area contributed by atoms with Crippen LogP contribution in [-0.2, 0) is 0 Å². The number of likely N-dealkylation sites (tertiary alicyclic amines) is 1. The van der Waals surface area contributed by atoms with Crippen molar-refractivity contribution in [1.29, 1.82) is 0 Å². The minimum atomic E-state index is 0. The first-order valence-electron chi connectivity index (χ1n) is 12.1. The number of piperidine rings is 1. The van der Waals surface area contributed by atoms with E-state index in [-0.39, 0.29) is 30.1 Å². The maximum atomic E-state index is 6.68. The Hall–Kier alpha value is -1.71. The Bertz CT molecular complexity index is 1050. The Morgan fingerprint density at radius 1 is 1.15 bits per heavy atom. The fourth-order valence-electron chi connectivity index (χ4n) is 5.87. The number of hydrogen-bond donors (Lipinski definition) is 1. The summed E-state index contributed by atoms with van der Waals surface area (Å²) in [6.45, 7) is 0.941. The number of aliphatic imine (C=N–C) groups is 1. The molecule has 0 aromatic heterocycles. The highest BCUT2D eigenvalue weighted by Crippen LogP contribution is 2.48. The molecule has 7 heteroatoms. The first-order chi connectivity index (χ1) is 16.1. The summed E-state index contributed by atoms with van der Waals surface area (Å²) < 4.78 is 6.07. The molecule has 5 nitrogen and oxygen atoms in total. The van der Waals surface area contributed by atoms with Gasteiger partial charge in [0, 0.05) is 23.8 Å². The van der Waals surface area contributed by atoms with Crippen molar-refractivity contribution in [2.45, 2.75) is 51.1 Å². The quantitative estimate of drug-likeness (QED) is 0.185. The number of thioether (sulfide) groups is 1. The van der Waals surface area contributed by atoms with Crippen LogP contribution in [0.5, 0.6) is 5.75 Å². The number of rotatable bonds is 4. The second-order valence-corrected chi connectivity index (χ2v) is 10.3. The average Bonchev–Trinajstić information content (AvgIpc) is 3.28. The van der Waals surface area contributed by atoms with Crippen molar-refractivity contribution in [2.75, 3.05) is 20.7 Å². The van der Waals surface area contributed by atoms with Crippen LogP contribution in [0.1, 0.15) is 44.9 Å². The van der Waals surface area contributed by atoms with Crippen molar-refractivity contribution in [2.24, 2.45) is 16.6 Å². The first kappa shape index (κ1) is 25.4. The van der Waals surface area contributed by atoms with Crippen LogP contribution in [-0.4, -0.2) is 42.2 Å². The molecule has 182 valence electrons. The molecule has 2 aliphatic heterocycles. The maximum absolute atomic E-state index is 6.68. The standard InChI is InChI=1S/C27H35N4OS.HI/c1-31(17-18-33-19-25(31)24-15-10-20-7-3-4-8-23(20)24)26-9-5-6-16-30(26)27(28)29-21-11-13-22(32-2)14-12-21;/h7-8,11-14,17-19,24,26H,3-6,9-10,15-16H2,1-2H3,(H2,28,29);1H/q+1;. The number of fused-ring (bicyclic) bond motifs is 1. The van der Waals surface area contributed by atoms with E-state index in [1.807, 2.05) is 36.0 Å². The summed E-state index contributed by atoms with van der Waals surface area (Å²) in [5.41, 5.74) is 12.2. The van der Waals surface area contributed by atoms with Gasteiger partial charge in [0.05, 0.1) is 25.8 Å². The molecule has 1 aromatic rings. The van der Waals surface area contributed by atoms with E-state index in [1.54, 1.807) is 18.3 Å². The number of benzene rings is 1. The van der Waals surface area contributed by atoms with Crippen LogP contribution in [0, 0.1) is 5.92 Å². The van der Waals surface area contributed by atoms with Crippen LogP contribution in [0.4, 0.5) is 5.69 Å². The van der Waals surface area contributed by atoms with Crippen LogP contribution in [0.3, 0.4) is 0 Å². The van der Waals surface area contributed by atoms with Gasteiger partial charge in [0.25, 0.3) is 0 Å². The molecule has 2 heterocycles. The Morgan fingerprint density at radius 2 is 1.94 bits per heavy atom. The van der Waals surface area contributed by atoms with Crippen molar-refractivity contribution < 1.29 is 9.22 Å². The molecule has 1 saturated heterocycles. The SMILES string of the molecule is COc1ccc(N=C(N)N2CCCCC2[N+]2(C)C=CSC=C2C2CCC3=CCCC=C32)cc1.I.